The summed E-state index contributed by atoms with van der Waals surface area (Å²) in [5.41, 5.74) is 1.80. The number of phenols is 1. The summed E-state index contributed by atoms with van der Waals surface area (Å²) in [5, 5.41) is 21.2. The van der Waals surface area contributed by atoms with Gasteiger partial charge in [-0.15, -0.1) is 0 Å². The van der Waals surface area contributed by atoms with Crippen LogP contribution in [0.2, 0.25) is 0 Å². The molecule has 0 atom stereocenters. The first-order valence-electron chi connectivity index (χ1n) is 6.65. The van der Waals surface area contributed by atoms with E-state index in [2.05, 4.69) is 4.98 Å². The fourth-order valence-corrected chi connectivity index (χ4v) is 2.20. The van der Waals surface area contributed by atoms with E-state index in [4.69, 9.17) is 0 Å². The second-order valence-corrected chi connectivity index (χ2v) is 4.77. The van der Waals surface area contributed by atoms with Gasteiger partial charge in [-0.2, -0.15) is 0 Å². The number of hydrogen-bond acceptors (Lipinski definition) is 4. The Labute approximate surface area is 126 Å². The molecule has 0 amide bonds. The van der Waals surface area contributed by atoms with Gasteiger partial charge in [-0.3, -0.25) is 10.1 Å². The number of aromatic hydroxyl groups is 1. The molecule has 0 saturated carbocycles. The molecule has 3 rings (SSSR count). The van der Waals surface area contributed by atoms with E-state index in [9.17, 15) is 15.2 Å². The highest BCUT2D eigenvalue weighted by Crippen LogP contribution is 2.24. The Morgan fingerprint density at radius 3 is 2.64 bits per heavy atom. The van der Waals surface area contributed by atoms with E-state index in [0.717, 1.165) is 10.9 Å². The average Bonchev–Trinajstić information content (AvgIpc) is 2.52. The summed E-state index contributed by atoms with van der Waals surface area (Å²) < 4.78 is 0. The maximum absolute atomic E-state index is 11.1. The van der Waals surface area contributed by atoms with Crippen molar-refractivity contribution in [2.24, 2.45) is 0 Å². The number of rotatable bonds is 3. The summed E-state index contributed by atoms with van der Waals surface area (Å²) in [6, 6.07) is 15.3. The minimum Gasteiger partial charge on any atom is -0.508 e. The van der Waals surface area contributed by atoms with Crippen molar-refractivity contribution in [1.29, 1.82) is 0 Å². The highest BCUT2D eigenvalue weighted by atomic mass is 16.6. The molecule has 5 nitrogen and oxygen atoms in total. The molecule has 0 bridgehead atoms. The number of benzene rings is 2. The van der Waals surface area contributed by atoms with Gasteiger partial charge in [0, 0.05) is 11.5 Å². The fraction of sp³-hybridized carbons (Fsp3) is 0. The molecule has 0 saturated heterocycles. The number of pyridine rings is 1. The van der Waals surface area contributed by atoms with E-state index >= 15 is 0 Å². The summed E-state index contributed by atoms with van der Waals surface area (Å²) in [6.45, 7) is 0. The average molecular weight is 292 g/mol. The minimum absolute atomic E-state index is 0.00916. The molecular formula is C17H12N2O3. The molecular weight excluding hydrogens is 280 g/mol. The topological polar surface area (TPSA) is 76.3 Å². The van der Waals surface area contributed by atoms with E-state index in [-0.39, 0.29) is 11.4 Å². The van der Waals surface area contributed by atoms with E-state index in [1.165, 1.54) is 6.07 Å². The van der Waals surface area contributed by atoms with Crippen LogP contribution in [0.1, 0.15) is 11.3 Å². The molecule has 108 valence electrons. The van der Waals surface area contributed by atoms with Crippen molar-refractivity contribution in [1.82, 2.24) is 4.98 Å². The third-order valence-electron chi connectivity index (χ3n) is 3.23. The van der Waals surface area contributed by atoms with Crippen LogP contribution in [0.15, 0.2) is 54.6 Å². The van der Waals surface area contributed by atoms with Crippen LogP contribution in [-0.2, 0) is 0 Å². The highest BCUT2D eigenvalue weighted by molar-refractivity contribution is 5.88. The molecule has 0 aliphatic rings. The van der Waals surface area contributed by atoms with Crippen molar-refractivity contribution >= 4 is 28.7 Å². The Hall–Kier alpha value is -3.21. The van der Waals surface area contributed by atoms with Gasteiger partial charge in [-0.25, -0.2) is 4.98 Å². The molecule has 1 aromatic heterocycles. The van der Waals surface area contributed by atoms with Crippen molar-refractivity contribution in [2.75, 3.05) is 0 Å². The number of non-ortho nitro benzene ring substituents is 1. The smallest absolute Gasteiger partial charge is 0.295 e. The molecule has 1 heterocycles. The number of nitro benzene ring substituents is 1. The maximum atomic E-state index is 11.1. The van der Waals surface area contributed by atoms with Crippen molar-refractivity contribution in [3.63, 3.8) is 0 Å². The Bertz CT molecular complexity index is 888. The zero-order chi connectivity index (χ0) is 15.5. The van der Waals surface area contributed by atoms with Gasteiger partial charge in [0.2, 0.25) is 0 Å². The molecule has 0 aliphatic heterocycles. The normalized spacial score (nSPS) is 11.1. The molecule has 3 aromatic rings. The van der Waals surface area contributed by atoms with Gasteiger partial charge < -0.3 is 5.11 Å². The van der Waals surface area contributed by atoms with Crippen LogP contribution in [0.3, 0.4) is 0 Å². The number of hydrogen-bond donors (Lipinski definition) is 1. The molecule has 0 radical (unpaired) electrons. The molecule has 5 heteroatoms. The monoisotopic (exact) mass is 292 g/mol. The number of nitro groups is 1. The number of fused-ring (bicyclic) bond motifs is 1. The number of aromatic nitrogens is 1. The SMILES string of the molecule is O=[N+]([O-])c1cccc2ccc(/C=C/c3cccc(O)c3)nc12. The standard InChI is InChI=1S/C17H12N2O3/c20-15-5-1-3-12(11-15)7-9-14-10-8-13-4-2-6-16(19(21)22)17(13)18-14/h1-11,20H/b9-7+. The van der Waals surface area contributed by atoms with E-state index in [1.54, 1.807) is 54.6 Å². The van der Waals surface area contributed by atoms with Gasteiger partial charge in [0.15, 0.2) is 0 Å². The van der Waals surface area contributed by atoms with Crippen molar-refractivity contribution in [2.45, 2.75) is 0 Å². The van der Waals surface area contributed by atoms with Crippen molar-refractivity contribution in [3.8, 4) is 5.75 Å². The third kappa shape index (κ3) is 2.78. The van der Waals surface area contributed by atoms with Gasteiger partial charge >= 0.3 is 0 Å². The van der Waals surface area contributed by atoms with Crippen LogP contribution in [-0.4, -0.2) is 15.0 Å². The molecule has 0 spiro atoms. The van der Waals surface area contributed by atoms with Gasteiger partial charge in [-0.1, -0.05) is 36.4 Å². The Morgan fingerprint density at radius 1 is 1.05 bits per heavy atom. The lowest BCUT2D eigenvalue weighted by Crippen LogP contribution is -1.92. The van der Waals surface area contributed by atoms with Crippen molar-refractivity contribution < 1.29 is 10.0 Å². The molecule has 0 unspecified atom stereocenters. The summed E-state index contributed by atoms with van der Waals surface area (Å²) in [7, 11) is 0. The highest BCUT2D eigenvalue weighted by Gasteiger charge is 2.12. The summed E-state index contributed by atoms with van der Waals surface area (Å²) in [6.07, 6.45) is 3.55. The van der Waals surface area contributed by atoms with Crippen LogP contribution in [0.25, 0.3) is 23.1 Å². The largest absolute Gasteiger partial charge is 0.508 e. The van der Waals surface area contributed by atoms with Gasteiger partial charge in [0.25, 0.3) is 5.69 Å². The van der Waals surface area contributed by atoms with E-state index in [0.29, 0.717) is 11.2 Å². The Kier molecular flexibility index (Phi) is 3.53. The number of nitrogens with zero attached hydrogens (tertiary/aromatic N) is 2. The predicted molar refractivity (Wildman–Crippen MR) is 85.4 cm³/mol. The lowest BCUT2D eigenvalue weighted by atomic mass is 10.1. The second-order valence-electron chi connectivity index (χ2n) is 4.77. The first-order chi connectivity index (χ1) is 10.6. The van der Waals surface area contributed by atoms with Crippen LogP contribution in [0.4, 0.5) is 5.69 Å². The van der Waals surface area contributed by atoms with Crippen LogP contribution >= 0.6 is 0 Å². The van der Waals surface area contributed by atoms with Crippen molar-refractivity contribution in [3.05, 3.63) is 76.0 Å². The number of phenolic OH excluding ortho intramolecular Hbond substituents is 1. The predicted octanol–water partition coefficient (Wildman–Crippen LogP) is 4.02. The summed E-state index contributed by atoms with van der Waals surface area (Å²) in [4.78, 5) is 15.0. The van der Waals surface area contributed by atoms with Gasteiger partial charge in [-0.05, 0) is 29.8 Å². The number of para-hydroxylation sites is 1. The molecule has 2 aromatic carbocycles. The summed E-state index contributed by atoms with van der Waals surface area (Å²) >= 11 is 0. The lowest BCUT2D eigenvalue weighted by molar-refractivity contribution is -0.383. The minimum atomic E-state index is -0.432. The second kappa shape index (κ2) is 5.65. The zero-order valence-corrected chi connectivity index (χ0v) is 11.5. The maximum Gasteiger partial charge on any atom is 0.295 e. The lowest BCUT2D eigenvalue weighted by Gasteiger charge is -2.00. The van der Waals surface area contributed by atoms with Crippen LogP contribution < -0.4 is 0 Å². The quantitative estimate of drug-likeness (QED) is 0.584. The van der Waals surface area contributed by atoms with E-state index in [1.807, 2.05) is 6.07 Å². The Balaban J connectivity index is 2.01. The third-order valence-corrected chi connectivity index (χ3v) is 3.23. The first-order valence-corrected chi connectivity index (χ1v) is 6.65. The zero-order valence-electron chi connectivity index (χ0n) is 11.5. The van der Waals surface area contributed by atoms with Crippen LogP contribution in [0.5, 0.6) is 5.75 Å². The molecule has 0 fully saturated rings. The first kappa shape index (κ1) is 13.8. The fourth-order valence-electron chi connectivity index (χ4n) is 2.20. The van der Waals surface area contributed by atoms with E-state index < -0.39 is 4.92 Å². The Morgan fingerprint density at radius 2 is 1.86 bits per heavy atom. The summed E-state index contributed by atoms with van der Waals surface area (Å²) in [5.74, 6) is 0.184. The molecule has 22 heavy (non-hydrogen) atoms. The van der Waals surface area contributed by atoms with Gasteiger partial charge in [0.1, 0.15) is 11.3 Å². The molecule has 0 aliphatic carbocycles. The molecule has 1 N–H and O–H groups in total. The van der Waals surface area contributed by atoms with Gasteiger partial charge in [0.05, 0.1) is 10.6 Å². The van der Waals surface area contributed by atoms with Crippen LogP contribution in [0, 0.1) is 10.1 Å².